The van der Waals surface area contributed by atoms with Gasteiger partial charge >= 0.3 is 0 Å². The van der Waals surface area contributed by atoms with Crippen LogP contribution in [0.25, 0.3) is 0 Å². The molecule has 1 aromatic carbocycles. The summed E-state index contributed by atoms with van der Waals surface area (Å²) in [6.07, 6.45) is 6.60. The maximum Gasteiger partial charge on any atom is 0.247 e. The van der Waals surface area contributed by atoms with Crippen LogP contribution in [-0.4, -0.2) is 40.5 Å². The number of para-hydroxylation sites is 1. The predicted molar refractivity (Wildman–Crippen MR) is 103 cm³/mol. The fraction of sp³-hybridized carbons (Fsp3) is 0.550. The number of nitrogens with one attached hydrogen (secondary N) is 1. The molecule has 5 nitrogen and oxygen atoms in total. The van der Waals surface area contributed by atoms with Gasteiger partial charge in [0.15, 0.2) is 10.5 Å². The van der Waals surface area contributed by atoms with Gasteiger partial charge in [-0.1, -0.05) is 31.0 Å². The van der Waals surface area contributed by atoms with Crippen molar-refractivity contribution in [3.63, 3.8) is 0 Å². The molecular formula is C20H23N3O2S. The first-order valence-electron chi connectivity index (χ1n) is 9.66. The van der Waals surface area contributed by atoms with Crippen molar-refractivity contribution in [1.29, 1.82) is 0 Å². The van der Waals surface area contributed by atoms with Crippen LogP contribution in [0.3, 0.4) is 0 Å². The molecule has 3 heterocycles. The highest BCUT2D eigenvalue weighted by atomic mass is 32.1. The normalized spacial score (nSPS) is 31.4. The van der Waals surface area contributed by atoms with E-state index in [1.165, 1.54) is 5.69 Å². The quantitative estimate of drug-likeness (QED) is 0.610. The zero-order chi connectivity index (χ0) is 17.9. The number of rotatable bonds is 1. The lowest BCUT2D eigenvalue weighted by Crippen LogP contribution is -2.72. The van der Waals surface area contributed by atoms with Crippen LogP contribution in [0.2, 0.25) is 0 Å². The molecule has 136 valence electrons. The summed E-state index contributed by atoms with van der Waals surface area (Å²) in [6, 6.07) is 8.33. The van der Waals surface area contributed by atoms with Crippen molar-refractivity contribution in [2.75, 3.05) is 11.4 Å². The fourth-order valence-corrected chi connectivity index (χ4v) is 5.38. The molecule has 1 saturated carbocycles. The van der Waals surface area contributed by atoms with Gasteiger partial charge in [-0.25, -0.2) is 0 Å². The molecule has 4 aliphatic rings. The molecule has 2 unspecified atom stereocenters. The fourth-order valence-electron chi connectivity index (χ4n) is 5.06. The Kier molecular flexibility index (Phi) is 3.61. The minimum atomic E-state index is -1.05. The van der Waals surface area contributed by atoms with E-state index in [2.05, 4.69) is 22.3 Å². The van der Waals surface area contributed by atoms with Crippen molar-refractivity contribution >= 4 is 34.8 Å². The minimum absolute atomic E-state index is 0.0693. The highest BCUT2D eigenvalue weighted by molar-refractivity contribution is 7.80. The van der Waals surface area contributed by atoms with Crippen LogP contribution in [0.5, 0.6) is 0 Å². The Bertz CT molecular complexity index is 806. The Hall–Kier alpha value is -1.95. The number of thiocarbonyl (C=S) groups is 1. The van der Waals surface area contributed by atoms with Crippen molar-refractivity contribution in [3.05, 3.63) is 29.8 Å². The lowest BCUT2D eigenvalue weighted by Gasteiger charge is -2.52. The van der Waals surface area contributed by atoms with E-state index < -0.39 is 5.41 Å². The van der Waals surface area contributed by atoms with Crippen LogP contribution in [-0.2, 0) is 16.0 Å². The molecule has 1 aromatic rings. The molecule has 2 saturated heterocycles. The molecule has 2 atom stereocenters. The number of nitrogens with zero attached hydrogens (tertiary/aromatic N) is 2. The number of carbonyl (C=O) groups excluding carboxylic acids is 2. The van der Waals surface area contributed by atoms with E-state index in [-0.39, 0.29) is 23.9 Å². The maximum atomic E-state index is 13.7. The smallest absolute Gasteiger partial charge is 0.247 e. The molecule has 26 heavy (non-hydrogen) atoms. The first-order chi connectivity index (χ1) is 12.6. The molecule has 3 fully saturated rings. The lowest BCUT2D eigenvalue weighted by atomic mass is 9.67. The lowest BCUT2D eigenvalue weighted by molar-refractivity contribution is -0.152. The number of anilines is 1. The monoisotopic (exact) mass is 369 g/mol. The molecule has 1 spiro atoms. The van der Waals surface area contributed by atoms with E-state index in [0.717, 1.165) is 50.6 Å². The zero-order valence-electron chi connectivity index (χ0n) is 14.7. The molecule has 0 radical (unpaired) electrons. The first kappa shape index (κ1) is 16.2. The number of benzene rings is 1. The van der Waals surface area contributed by atoms with E-state index in [1.54, 1.807) is 4.90 Å². The number of fused-ring (bicyclic) bond motifs is 4. The Labute approximate surface area is 158 Å². The molecule has 2 amide bonds. The molecule has 5 rings (SSSR count). The van der Waals surface area contributed by atoms with Crippen LogP contribution in [0.4, 0.5) is 5.69 Å². The Morgan fingerprint density at radius 3 is 2.69 bits per heavy atom. The van der Waals surface area contributed by atoms with E-state index in [1.807, 2.05) is 12.1 Å². The van der Waals surface area contributed by atoms with Gasteiger partial charge in [-0.3, -0.25) is 14.5 Å². The van der Waals surface area contributed by atoms with E-state index in [4.69, 9.17) is 12.2 Å². The van der Waals surface area contributed by atoms with Gasteiger partial charge in [-0.2, -0.15) is 0 Å². The second kappa shape index (κ2) is 5.78. The SMILES string of the molecule is O=C1NC(=S)N(C2CC2)C(=O)C12Cc1ccccc1N1CCCCCC12. The highest BCUT2D eigenvalue weighted by Crippen LogP contribution is 2.48. The average Bonchev–Trinajstić information content (AvgIpc) is 3.46. The van der Waals surface area contributed by atoms with Crippen LogP contribution >= 0.6 is 12.2 Å². The van der Waals surface area contributed by atoms with E-state index in [0.29, 0.717) is 11.5 Å². The van der Waals surface area contributed by atoms with E-state index in [9.17, 15) is 9.59 Å². The summed E-state index contributed by atoms with van der Waals surface area (Å²) in [5, 5.41) is 3.20. The zero-order valence-corrected chi connectivity index (χ0v) is 15.6. The maximum absolute atomic E-state index is 13.7. The third-order valence-corrected chi connectivity index (χ3v) is 6.75. The molecule has 1 aliphatic carbocycles. The van der Waals surface area contributed by atoms with Crippen molar-refractivity contribution in [2.45, 2.75) is 57.0 Å². The summed E-state index contributed by atoms with van der Waals surface area (Å²) in [5.41, 5.74) is 1.23. The number of hydrogen-bond acceptors (Lipinski definition) is 4. The first-order valence-corrected chi connectivity index (χ1v) is 10.1. The molecule has 3 aliphatic heterocycles. The average molecular weight is 369 g/mol. The van der Waals surface area contributed by atoms with Crippen LogP contribution in [0.15, 0.2) is 24.3 Å². The van der Waals surface area contributed by atoms with Gasteiger partial charge in [0.05, 0.1) is 6.04 Å². The minimum Gasteiger partial charge on any atom is -0.367 e. The van der Waals surface area contributed by atoms with Gasteiger partial charge < -0.3 is 10.2 Å². The van der Waals surface area contributed by atoms with Gasteiger partial charge in [-0.15, -0.1) is 0 Å². The molecular weight excluding hydrogens is 346 g/mol. The van der Waals surface area contributed by atoms with Crippen molar-refractivity contribution in [3.8, 4) is 0 Å². The molecule has 1 N–H and O–H groups in total. The molecule has 6 heteroatoms. The second-order valence-electron chi connectivity index (χ2n) is 8.00. The number of carbonyl (C=O) groups is 2. The largest absolute Gasteiger partial charge is 0.367 e. The van der Waals surface area contributed by atoms with Gasteiger partial charge in [0, 0.05) is 18.3 Å². The van der Waals surface area contributed by atoms with E-state index >= 15 is 0 Å². The van der Waals surface area contributed by atoms with Crippen molar-refractivity contribution in [1.82, 2.24) is 10.2 Å². The third kappa shape index (κ3) is 2.17. The topological polar surface area (TPSA) is 52.7 Å². The Morgan fingerprint density at radius 2 is 1.88 bits per heavy atom. The van der Waals surface area contributed by atoms with Crippen LogP contribution < -0.4 is 10.2 Å². The third-order valence-electron chi connectivity index (χ3n) is 6.45. The standard InChI is InChI=1S/C20H23N3O2S/c24-17-20(18(25)23(14-9-10-14)19(26)21-17)12-13-6-3-4-7-15(13)22-11-5-1-2-8-16(20)22/h3-4,6-7,14,16H,1-2,5,8-12H2,(H,21,24,26). The Morgan fingerprint density at radius 1 is 1.08 bits per heavy atom. The summed E-state index contributed by atoms with van der Waals surface area (Å²) in [5.74, 6) is -0.268. The Balaban J connectivity index is 1.67. The number of amides is 2. The molecule has 0 bridgehead atoms. The van der Waals surface area contributed by atoms with Crippen molar-refractivity contribution in [2.24, 2.45) is 5.41 Å². The summed E-state index contributed by atoms with van der Waals surface area (Å²) in [4.78, 5) is 31.1. The highest BCUT2D eigenvalue weighted by Gasteiger charge is 2.62. The molecule has 0 aromatic heterocycles. The summed E-state index contributed by atoms with van der Waals surface area (Å²) < 4.78 is 0. The van der Waals surface area contributed by atoms with Gasteiger partial charge in [0.1, 0.15) is 0 Å². The summed E-state index contributed by atoms with van der Waals surface area (Å²) >= 11 is 5.36. The van der Waals surface area contributed by atoms with Gasteiger partial charge in [0.2, 0.25) is 11.8 Å². The summed E-state index contributed by atoms with van der Waals surface area (Å²) in [6.45, 7) is 0.901. The predicted octanol–water partition coefficient (Wildman–Crippen LogP) is 2.38. The van der Waals surface area contributed by atoms with Crippen molar-refractivity contribution < 1.29 is 9.59 Å². The van der Waals surface area contributed by atoms with Gasteiger partial charge in [-0.05, 0) is 56.0 Å². The van der Waals surface area contributed by atoms with Gasteiger partial charge in [0.25, 0.3) is 0 Å². The number of hydrogen-bond donors (Lipinski definition) is 1. The second-order valence-corrected chi connectivity index (χ2v) is 8.39. The summed E-state index contributed by atoms with van der Waals surface area (Å²) in [7, 11) is 0. The van der Waals surface area contributed by atoms with Crippen LogP contribution in [0, 0.1) is 5.41 Å². The van der Waals surface area contributed by atoms with Crippen LogP contribution in [0.1, 0.15) is 44.1 Å².